The van der Waals surface area contributed by atoms with Gasteiger partial charge in [-0.1, -0.05) is 12.1 Å². The Balaban J connectivity index is 1.93. The molecular weight excluding hydrogens is 294 g/mol. The summed E-state index contributed by atoms with van der Waals surface area (Å²) in [7, 11) is 1.73. The molecule has 1 aromatic carbocycles. The Labute approximate surface area is 137 Å². The molecular formula is C17H25N3O3. The molecule has 2 rings (SSSR count). The molecule has 2 unspecified atom stereocenters. The maximum Gasteiger partial charge on any atom is 0.254 e. The van der Waals surface area contributed by atoms with Crippen molar-refractivity contribution in [3.63, 3.8) is 0 Å². The normalized spacial score (nSPS) is 21.1. The predicted molar refractivity (Wildman–Crippen MR) is 88.1 cm³/mol. The van der Waals surface area contributed by atoms with Gasteiger partial charge < -0.3 is 20.3 Å². The highest BCUT2D eigenvalue weighted by Crippen LogP contribution is 2.15. The van der Waals surface area contributed by atoms with Crippen molar-refractivity contribution in [3.05, 3.63) is 35.4 Å². The molecule has 0 radical (unpaired) electrons. The summed E-state index contributed by atoms with van der Waals surface area (Å²) in [4.78, 5) is 25.8. The molecule has 0 saturated carbocycles. The van der Waals surface area contributed by atoms with Crippen LogP contribution in [0.3, 0.4) is 0 Å². The van der Waals surface area contributed by atoms with Crippen LogP contribution in [0, 0.1) is 0 Å². The second kappa shape index (κ2) is 8.08. The lowest BCUT2D eigenvalue weighted by molar-refractivity contribution is -0.120. The quantitative estimate of drug-likeness (QED) is 0.841. The molecule has 1 aliphatic rings. The van der Waals surface area contributed by atoms with Gasteiger partial charge in [-0.3, -0.25) is 9.59 Å². The summed E-state index contributed by atoms with van der Waals surface area (Å²) in [6.45, 7) is 5.94. The number of hydrogen-bond acceptors (Lipinski definition) is 4. The van der Waals surface area contributed by atoms with Crippen molar-refractivity contribution < 1.29 is 14.3 Å². The Bertz CT molecular complexity index is 535. The van der Waals surface area contributed by atoms with Gasteiger partial charge in [0.05, 0.1) is 18.8 Å². The smallest absolute Gasteiger partial charge is 0.254 e. The van der Waals surface area contributed by atoms with Crippen molar-refractivity contribution in [2.45, 2.75) is 32.6 Å². The zero-order valence-corrected chi connectivity index (χ0v) is 14.0. The van der Waals surface area contributed by atoms with Crippen LogP contribution in [0.2, 0.25) is 0 Å². The zero-order valence-electron chi connectivity index (χ0n) is 14.0. The number of morpholine rings is 1. The zero-order chi connectivity index (χ0) is 16.8. The number of benzene rings is 1. The van der Waals surface area contributed by atoms with Crippen molar-refractivity contribution >= 4 is 11.8 Å². The fourth-order valence-corrected chi connectivity index (χ4v) is 2.72. The molecule has 2 atom stereocenters. The number of rotatable bonds is 5. The Morgan fingerprint density at radius 2 is 1.78 bits per heavy atom. The van der Waals surface area contributed by atoms with E-state index >= 15 is 0 Å². The third-order valence-corrected chi connectivity index (χ3v) is 3.73. The fraction of sp³-hybridized carbons (Fsp3) is 0.529. The molecule has 0 aromatic heterocycles. The van der Waals surface area contributed by atoms with Gasteiger partial charge in [0.25, 0.3) is 5.91 Å². The van der Waals surface area contributed by atoms with E-state index in [1.807, 2.05) is 43.0 Å². The summed E-state index contributed by atoms with van der Waals surface area (Å²) in [6.07, 6.45) is 0.119. The number of hydrogen-bond donors (Lipinski definition) is 2. The summed E-state index contributed by atoms with van der Waals surface area (Å²) in [5.41, 5.74) is 1.63. The van der Waals surface area contributed by atoms with E-state index in [1.165, 1.54) is 0 Å². The Morgan fingerprint density at radius 1 is 1.17 bits per heavy atom. The maximum absolute atomic E-state index is 12.5. The van der Waals surface area contributed by atoms with E-state index in [4.69, 9.17) is 4.74 Å². The monoisotopic (exact) mass is 319 g/mol. The van der Waals surface area contributed by atoms with Crippen LogP contribution in [0.1, 0.15) is 29.8 Å². The fourth-order valence-electron chi connectivity index (χ4n) is 2.72. The second-order valence-electron chi connectivity index (χ2n) is 5.97. The highest BCUT2D eigenvalue weighted by Gasteiger charge is 2.26. The second-order valence-corrected chi connectivity index (χ2v) is 5.97. The molecule has 1 aromatic rings. The molecule has 0 bridgehead atoms. The topological polar surface area (TPSA) is 70.7 Å². The number of likely N-dealkylation sites (N-methyl/N-ethyl adjacent to an activating group) is 1. The molecule has 0 aliphatic carbocycles. The average molecular weight is 319 g/mol. The standard InChI is InChI=1S/C17H25N3O3/c1-12-10-20(11-13(2)23-12)17(22)15-6-4-14(5-7-15)8-19-16(21)9-18-3/h4-7,12-13,18H,8-11H2,1-3H3,(H,19,21). The first-order valence-corrected chi connectivity index (χ1v) is 7.94. The van der Waals surface area contributed by atoms with Crippen LogP contribution in [0.4, 0.5) is 0 Å². The molecule has 0 spiro atoms. The summed E-state index contributed by atoms with van der Waals surface area (Å²) in [5, 5.41) is 5.61. The van der Waals surface area contributed by atoms with Gasteiger partial charge in [-0.15, -0.1) is 0 Å². The van der Waals surface area contributed by atoms with E-state index in [-0.39, 0.29) is 24.0 Å². The Kier molecular flexibility index (Phi) is 6.12. The molecule has 1 heterocycles. The molecule has 126 valence electrons. The Hall–Kier alpha value is -1.92. The summed E-state index contributed by atoms with van der Waals surface area (Å²) < 4.78 is 5.66. The maximum atomic E-state index is 12.5. The van der Waals surface area contributed by atoms with Crippen molar-refractivity contribution in [1.82, 2.24) is 15.5 Å². The number of carbonyl (C=O) groups excluding carboxylic acids is 2. The van der Waals surface area contributed by atoms with Gasteiger partial charge in [0, 0.05) is 25.2 Å². The van der Waals surface area contributed by atoms with Gasteiger partial charge >= 0.3 is 0 Å². The number of ether oxygens (including phenoxy) is 1. The highest BCUT2D eigenvalue weighted by molar-refractivity contribution is 5.94. The van der Waals surface area contributed by atoms with E-state index in [0.717, 1.165) is 5.56 Å². The summed E-state index contributed by atoms with van der Waals surface area (Å²) in [6, 6.07) is 7.37. The van der Waals surface area contributed by atoms with Gasteiger partial charge in [0.2, 0.25) is 5.91 Å². The molecule has 2 amide bonds. The van der Waals surface area contributed by atoms with Crippen molar-refractivity contribution in [2.24, 2.45) is 0 Å². The first-order chi connectivity index (χ1) is 11.0. The first-order valence-electron chi connectivity index (χ1n) is 7.94. The largest absolute Gasteiger partial charge is 0.372 e. The van der Waals surface area contributed by atoms with Crippen LogP contribution >= 0.6 is 0 Å². The summed E-state index contributed by atoms with van der Waals surface area (Å²) >= 11 is 0. The van der Waals surface area contributed by atoms with E-state index in [2.05, 4.69) is 10.6 Å². The van der Waals surface area contributed by atoms with Crippen LogP contribution in [0.5, 0.6) is 0 Å². The predicted octanol–water partition coefficient (Wildman–Crippen LogP) is 0.772. The van der Waals surface area contributed by atoms with Crippen LogP contribution in [0.15, 0.2) is 24.3 Å². The molecule has 2 N–H and O–H groups in total. The van der Waals surface area contributed by atoms with Crippen LogP contribution in [0.25, 0.3) is 0 Å². The third-order valence-electron chi connectivity index (χ3n) is 3.73. The summed E-state index contributed by atoms with van der Waals surface area (Å²) in [5.74, 6) is -0.0262. The highest BCUT2D eigenvalue weighted by atomic mass is 16.5. The van der Waals surface area contributed by atoms with E-state index < -0.39 is 0 Å². The average Bonchev–Trinajstić information content (AvgIpc) is 2.52. The minimum absolute atomic E-state index is 0.0257. The first kappa shape index (κ1) is 17.4. The number of amides is 2. The van der Waals surface area contributed by atoms with Crippen molar-refractivity contribution in [2.75, 3.05) is 26.7 Å². The SMILES string of the molecule is CNCC(=O)NCc1ccc(C(=O)N2CC(C)OC(C)C2)cc1. The Morgan fingerprint density at radius 3 is 2.35 bits per heavy atom. The van der Waals surface area contributed by atoms with E-state index in [0.29, 0.717) is 31.7 Å². The molecule has 1 fully saturated rings. The van der Waals surface area contributed by atoms with Crippen molar-refractivity contribution in [1.29, 1.82) is 0 Å². The van der Waals surface area contributed by atoms with Crippen LogP contribution < -0.4 is 10.6 Å². The molecule has 1 aliphatic heterocycles. The molecule has 23 heavy (non-hydrogen) atoms. The third kappa shape index (κ3) is 5.04. The molecule has 6 nitrogen and oxygen atoms in total. The molecule has 1 saturated heterocycles. The number of nitrogens with one attached hydrogen (secondary N) is 2. The van der Waals surface area contributed by atoms with Gasteiger partial charge in [-0.25, -0.2) is 0 Å². The van der Waals surface area contributed by atoms with Crippen molar-refractivity contribution in [3.8, 4) is 0 Å². The lowest BCUT2D eigenvalue weighted by Gasteiger charge is -2.35. The van der Waals surface area contributed by atoms with E-state index in [1.54, 1.807) is 7.05 Å². The lowest BCUT2D eigenvalue weighted by Crippen LogP contribution is -2.48. The van der Waals surface area contributed by atoms with Crippen LogP contribution in [-0.4, -0.2) is 55.6 Å². The van der Waals surface area contributed by atoms with Gasteiger partial charge in [-0.2, -0.15) is 0 Å². The van der Waals surface area contributed by atoms with Gasteiger partial charge in [-0.05, 0) is 38.6 Å². The van der Waals surface area contributed by atoms with Crippen LogP contribution in [-0.2, 0) is 16.1 Å². The minimum Gasteiger partial charge on any atom is -0.372 e. The minimum atomic E-state index is -0.0519. The number of nitrogens with zero attached hydrogens (tertiary/aromatic N) is 1. The molecule has 6 heteroatoms. The number of carbonyl (C=O) groups is 2. The van der Waals surface area contributed by atoms with Gasteiger partial charge in [0.15, 0.2) is 0 Å². The lowest BCUT2D eigenvalue weighted by atomic mass is 10.1. The van der Waals surface area contributed by atoms with Gasteiger partial charge in [0.1, 0.15) is 0 Å². The van der Waals surface area contributed by atoms with E-state index in [9.17, 15) is 9.59 Å².